The summed E-state index contributed by atoms with van der Waals surface area (Å²) >= 11 is 2.61. The number of methoxy groups -OCH3 is 1. The highest BCUT2D eigenvalue weighted by atomic mass is 32.2. The van der Waals surface area contributed by atoms with Gasteiger partial charge in [-0.1, -0.05) is 11.3 Å². The van der Waals surface area contributed by atoms with Gasteiger partial charge in [-0.15, -0.1) is 15.3 Å². The molecule has 2 aromatic heterocycles. The molecule has 2 rings (SSSR count). The standard InChI is InChI=1S/C6H6N6O2S2/c1-14-4(13)2-12-5(8-10-11-12)16-6-9-7-3-15-6/h3H,2H2,1H3. The van der Waals surface area contributed by atoms with Crippen molar-refractivity contribution >= 4 is 29.1 Å². The van der Waals surface area contributed by atoms with Crippen molar-refractivity contribution in [1.82, 2.24) is 30.4 Å². The first-order valence-electron chi connectivity index (χ1n) is 4.06. The highest BCUT2D eigenvalue weighted by molar-refractivity contribution is 8.00. The minimum absolute atomic E-state index is 0.0232. The van der Waals surface area contributed by atoms with Crippen LogP contribution in [-0.4, -0.2) is 43.5 Å². The lowest BCUT2D eigenvalue weighted by atomic mass is 10.7. The second-order valence-electron chi connectivity index (χ2n) is 2.50. The molecule has 0 unspecified atom stereocenters. The molecular formula is C6H6N6O2S2. The SMILES string of the molecule is COC(=O)Cn1nnnc1Sc1nncs1. The third kappa shape index (κ3) is 2.52. The first kappa shape index (κ1) is 11.0. The molecule has 84 valence electrons. The van der Waals surface area contributed by atoms with Gasteiger partial charge in [0.15, 0.2) is 4.34 Å². The molecule has 8 nitrogen and oxygen atoms in total. The molecule has 0 aromatic carbocycles. The predicted octanol–water partition coefficient (Wildman–Crippen LogP) is -0.151. The van der Waals surface area contributed by atoms with Gasteiger partial charge in [0.25, 0.3) is 0 Å². The van der Waals surface area contributed by atoms with Crippen molar-refractivity contribution in [2.75, 3.05) is 7.11 Å². The minimum Gasteiger partial charge on any atom is -0.468 e. The van der Waals surface area contributed by atoms with Gasteiger partial charge in [-0.25, -0.2) is 4.68 Å². The second-order valence-corrected chi connectivity index (χ2v) is 4.55. The molecule has 0 fully saturated rings. The maximum atomic E-state index is 11.1. The fraction of sp³-hybridized carbons (Fsp3) is 0.333. The summed E-state index contributed by atoms with van der Waals surface area (Å²) in [7, 11) is 1.31. The average Bonchev–Trinajstić information content (AvgIpc) is 2.92. The van der Waals surface area contributed by atoms with Gasteiger partial charge in [0, 0.05) is 0 Å². The maximum Gasteiger partial charge on any atom is 0.327 e. The Labute approximate surface area is 98.0 Å². The molecular weight excluding hydrogens is 252 g/mol. The number of hydrogen-bond acceptors (Lipinski definition) is 9. The Morgan fingerprint density at radius 2 is 2.50 bits per heavy atom. The van der Waals surface area contributed by atoms with Crippen LogP contribution in [0, 0.1) is 0 Å². The molecule has 2 aromatic rings. The lowest BCUT2D eigenvalue weighted by molar-refractivity contribution is -0.141. The summed E-state index contributed by atoms with van der Waals surface area (Å²) < 4.78 is 6.58. The van der Waals surface area contributed by atoms with E-state index in [4.69, 9.17) is 0 Å². The molecule has 0 saturated carbocycles. The summed E-state index contributed by atoms with van der Waals surface area (Å²) in [4.78, 5) is 11.1. The van der Waals surface area contributed by atoms with E-state index in [0.29, 0.717) is 9.50 Å². The third-order valence-electron chi connectivity index (χ3n) is 1.52. The van der Waals surface area contributed by atoms with Crippen LogP contribution in [0.25, 0.3) is 0 Å². The van der Waals surface area contributed by atoms with Crippen molar-refractivity contribution in [1.29, 1.82) is 0 Å². The number of tetrazole rings is 1. The Balaban J connectivity index is 2.10. The maximum absolute atomic E-state index is 11.1. The van der Waals surface area contributed by atoms with Crippen LogP contribution in [0.3, 0.4) is 0 Å². The van der Waals surface area contributed by atoms with E-state index in [2.05, 4.69) is 30.5 Å². The number of carbonyl (C=O) groups is 1. The third-order valence-corrected chi connectivity index (χ3v) is 3.28. The topological polar surface area (TPSA) is 95.7 Å². The van der Waals surface area contributed by atoms with Crippen LogP contribution in [0.1, 0.15) is 0 Å². The van der Waals surface area contributed by atoms with Crippen LogP contribution >= 0.6 is 23.1 Å². The van der Waals surface area contributed by atoms with Gasteiger partial charge in [0.05, 0.1) is 7.11 Å². The molecule has 0 aliphatic rings. The molecule has 0 aliphatic carbocycles. The summed E-state index contributed by atoms with van der Waals surface area (Å²) in [5, 5.41) is 18.9. The number of carbonyl (C=O) groups excluding carboxylic acids is 1. The van der Waals surface area contributed by atoms with E-state index < -0.39 is 5.97 Å². The molecule has 0 amide bonds. The zero-order valence-electron chi connectivity index (χ0n) is 8.10. The average molecular weight is 258 g/mol. The van der Waals surface area contributed by atoms with Crippen LogP contribution in [0.15, 0.2) is 15.0 Å². The van der Waals surface area contributed by atoms with Crippen molar-refractivity contribution in [3.05, 3.63) is 5.51 Å². The number of aromatic nitrogens is 6. The number of nitrogens with zero attached hydrogens (tertiary/aromatic N) is 6. The zero-order valence-corrected chi connectivity index (χ0v) is 9.73. The Morgan fingerprint density at radius 3 is 3.19 bits per heavy atom. The van der Waals surface area contributed by atoms with Gasteiger partial charge in [-0.2, -0.15) is 0 Å². The lowest BCUT2D eigenvalue weighted by Crippen LogP contribution is -2.13. The lowest BCUT2D eigenvalue weighted by Gasteiger charge is -2.00. The molecule has 0 radical (unpaired) electrons. The summed E-state index contributed by atoms with van der Waals surface area (Å²) in [6.07, 6.45) is 0. The normalized spacial score (nSPS) is 10.3. The van der Waals surface area contributed by atoms with E-state index in [0.717, 1.165) is 0 Å². The zero-order chi connectivity index (χ0) is 11.4. The summed E-state index contributed by atoms with van der Waals surface area (Å²) in [5.41, 5.74) is 1.61. The van der Waals surface area contributed by atoms with Gasteiger partial charge in [-0.05, 0) is 22.2 Å². The van der Waals surface area contributed by atoms with Gasteiger partial charge in [-0.3, -0.25) is 4.79 Å². The summed E-state index contributed by atoms with van der Waals surface area (Å²) in [6, 6.07) is 0. The molecule has 16 heavy (non-hydrogen) atoms. The van der Waals surface area contributed by atoms with Gasteiger partial charge >= 0.3 is 5.97 Å². The van der Waals surface area contributed by atoms with E-state index in [1.165, 1.54) is 34.9 Å². The quantitative estimate of drug-likeness (QED) is 0.698. The number of hydrogen-bond donors (Lipinski definition) is 0. The molecule has 0 spiro atoms. The van der Waals surface area contributed by atoms with Crippen molar-refractivity contribution in [3.8, 4) is 0 Å². The van der Waals surface area contributed by atoms with Crippen LogP contribution in [0.4, 0.5) is 0 Å². The van der Waals surface area contributed by atoms with Gasteiger partial charge in [0.1, 0.15) is 12.1 Å². The predicted molar refractivity (Wildman–Crippen MR) is 53.9 cm³/mol. The molecule has 0 atom stereocenters. The number of esters is 1. The highest BCUT2D eigenvalue weighted by Crippen LogP contribution is 2.25. The molecule has 0 bridgehead atoms. The van der Waals surface area contributed by atoms with E-state index in [1.54, 1.807) is 5.51 Å². The minimum atomic E-state index is -0.411. The first-order chi connectivity index (χ1) is 7.79. The van der Waals surface area contributed by atoms with Gasteiger partial charge in [0.2, 0.25) is 5.16 Å². The summed E-state index contributed by atoms with van der Waals surface area (Å²) in [5.74, 6) is -0.411. The van der Waals surface area contributed by atoms with Crippen molar-refractivity contribution in [2.45, 2.75) is 16.0 Å². The van der Waals surface area contributed by atoms with Crippen molar-refractivity contribution in [3.63, 3.8) is 0 Å². The van der Waals surface area contributed by atoms with Crippen LogP contribution < -0.4 is 0 Å². The molecule has 10 heteroatoms. The van der Waals surface area contributed by atoms with Crippen LogP contribution in [0.2, 0.25) is 0 Å². The largest absolute Gasteiger partial charge is 0.468 e. The van der Waals surface area contributed by atoms with Crippen LogP contribution in [-0.2, 0) is 16.1 Å². The van der Waals surface area contributed by atoms with E-state index >= 15 is 0 Å². The highest BCUT2D eigenvalue weighted by Gasteiger charge is 2.13. The smallest absolute Gasteiger partial charge is 0.327 e. The Kier molecular flexibility index (Phi) is 3.41. The molecule has 0 saturated heterocycles. The summed E-state index contributed by atoms with van der Waals surface area (Å²) in [6.45, 7) is -0.0232. The van der Waals surface area contributed by atoms with E-state index in [9.17, 15) is 4.79 Å². The fourth-order valence-corrected chi connectivity index (χ4v) is 2.19. The fourth-order valence-electron chi connectivity index (χ4n) is 0.841. The Bertz CT molecular complexity index is 469. The Morgan fingerprint density at radius 1 is 1.62 bits per heavy atom. The Hall–Kier alpha value is -1.55. The van der Waals surface area contributed by atoms with E-state index in [1.807, 2.05) is 0 Å². The number of rotatable bonds is 4. The monoisotopic (exact) mass is 258 g/mol. The van der Waals surface area contributed by atoms with Crippen molar-refractivity contribution < 1.29 is 9.53 Å². The van der Waals surface area contributed by atoms with Gasteiger partial charge < -0.3 is 4.74 Å². The van der Waals surface area contributed by atoms with E-state index in [-0.39, 0.29) is 6.54 Å². The first-order valence-corrected chi connectivity index (χ1v) is 5.76. The second kappa shape index (κ2) is 4.99. The molecule has 2 heterocycles. The molecule has 0 aliphatic heterocycles. The molecule has 0 N–H and O–H groups in total. The van der Waals surface area contributed by atoms with Crippen LogP contribution in [0.5, 0.6) is 0 Å². The van der Waals surface area contributed by atoms with Crippen molar-refractivity contribution in [2.24, 2.45) is 0 Å². The number of ether oxygens (including phenoxy) is 1.